The Balaban J connectivity index is 2.16. The van der Waals surface area contributed by atoms with E-state index in [4.69, 9.17) is 5.73 Å². The molecule has 0 radical (unpaired) electrons. The Hall–Kier alpha value is -2.29. The Kier molecular flexibility index (Phi) is 4.08. The van der Waals surface area contributed by atoms with Gasteiger partial charge in [-0.1, -0.05) is 35.9 Å². The Bertz CT molecular complexity index is 624. The van der Waals surface area contributed by atoms with Gasteiger partial charge in [-0.2, -0.15) is 0 Å². The van der Waals surface area contributed by atoms with Crippen LogP contribution in [0.2, 0.25) is 0 Å². The van der Waals surface area contributed by atoms with E-state index in [0.29, 0.717) is 12.2 Å². The SMILES string of the molecule is Cc1cc(C)c(C(=O)NCc2ccccc2N)c(C)c1. The van der Waals surface area contributed by atoms with Gasteiger partial charge in [-0.25, -0.2) is 0 Å². The largest absolute Gasteiger partial charge is 0.398 e. The molecule has 0 atom stereocenters. The highest BCUT2D eigenvalue weighted by Gasteiger charge is 2.12. The van der Waals surface area contributed by atoms with Gasteiger partial charge in [0.25, 0.3) is 5.91 Å². The molecular weight excluding hydrogens is 248 g/mol. The number of nitrogens with two attached hydrogens (primary N) is 1. The van der Waals surface area contributed by atoms with Crippen LogP contribution in [-0.2, 0) is 6.54 Å². The topological polar surface area (TPSA) is 55.1 Å². The zero-order valence-electron chi connectivity index (χ0n) is 12.2. The van der Waals surface area contributed by atoms with E-state index >= 15 is 0 Å². The Morgan fingerprint density at radius 3 is 2.30 bits per heavy atom. The highest BCUT2D eigenvalue weighted by Crippen LogP contribution is 2.17. The van der Waals surface area contributed by atoms with Crippen molar-refractivity contribution < 1.29 is 4.79 Å². The number of benzene rings is 2. The smallest absolute Gasteiger partial charge is 0.252 e. The third-order valence-corrected chi connectivity index (χ3v) is 3.40. The quantitative estimate of drug-likeness (QED) is 0.840. The Morgan fingerprint density at radius 1 is 1.10 bits per heavy atom. The van der Waals surface area contributed by atoms with Gasteiger partial charge in [-0.15, -0.1) is 0 Å². The molecule has 0 aromatic heterocycles. The van der Waals surface area contributed by atoms with Gasteiger partial charge in [0, 0.05) is 17.8 Å². The van der Waals surface area contributed by atoms with Crippen LogP contribution < -0.4 is 11.1 Å². The molecule has 1 amide bonds. The zero-order valence-corrected chi connectivity index (χ0v) is 12.2. The summed E-state index contributed by atoms with van der Waals surface area (Å²) in [6, 6.07) is 11.6. The summed E-state index contributed by atoms with van der Waals surface area (Å²) in [5.74, 6) is -0.0525. The maximum Gasteiger partial charge on any atom is 0.252 e. The fourth-order valence-corrected chi connectivity index (χ4v) is 2.50. The molecule has 3 heteroatoms. The van der Waals surface area contributed by atoms with Gasteiger partial charge in [-0.05, 0) is 43.5 Å². The van der Waals surface area contributed by atoms with Crippen LogP contribution in [0, 0.1) is 20.8 Å². The molecule has 2 aromatic rings. The molecule has 3 nitrogen and oxygen atoms in total. The summed E-state index contributed by atoms with van der Waals surface area (Å²) >= 11 is 0. The van der Waals surface area contributed by atoms with E-state index in [1.54, 1.807) is 0 Å². The number of nitrogen functional groups attached to an aromatic ring is 1. The monoisotopic (exact) mass is 268 g/mol. The molecular formula is C17H20N2O. The number of aryl methyl sites for hydroxylation is 3. The van der Waals surface area contributed by atoms with Gasteiger partial charge in [0.1, 0.15) is 0 Å². The van der Waals surface area contributed by atoms with Gasteiger partial charge in [0.05, 0.1) is 0 Å². The van der Waals surface area contributed by atoms with Gasteiger partial charge >= 0.3 is 0 Å². The first-order valence-corrected chi connectivity index (χ1v) is 6.68. The molecule has 20 heavy (non-hydrogen) atoms. The molecule has 0 aliphatic heterocycles. The average Bonchev–Trinajstić information content (AvgIpc) is 2.36. The molecule has 0 aliphatic carbocycles. The second-order valence-corrected chi connectivity index (χ2v) is 5.16. The van der Waals surface area contributed by atoms with Gasteiger partial charge in [-0.3, -0.25) is 4.79 Å². The molecule has 2 rings (SSSR count). The third-order valence-electron chi connectivity index (χ3n) is 3.40. The standard InChI is InChI=1S/C17H20N2O/c1-11-8-12(2)16(13(3)9-11)17(20)19-10-14-6-4-5-7-15(14)18/h4-9H,10,18H2,1-3H3,(H,19,20). The van der Waals surface area contributed by atoms with E-state index in [-0.39, 0.29) is 5.91 Å². The lowest BCUT2D eigenvalue weighted by molar-refractivity contribution is 0.0950. The molecule has 0 spiro atoms. The van der Waals surface area contributed by atoms with Crippen molar-refractivity contribution in [3.63, 3.8) is 0 Å². The minimum Gasteiger partial charge on any atom is -0.398 e. The number of carbonyl (C=O) groups is 1. The fraction of sp³-hybridized carbons (Fsp3) is 0.235. The number of hydrogen-bond acceptors (Lipinski definition) is 2. The van der Waals surface area contributed by atoms with Crippen LogP contribution in [0.3, 0.4) is 0 Å². The summed E-state index contributed by atoms with van der Waals surface area (Å²) < 4.78 is 0. The summed E-state index contributed by atoms with van der Waals surface area (Å²) in [6.45, 7) is 6.40. The highest BCUT2D eigenvalue weighted by atomic mass is 16.1. The van der Waals surface area contributed by atoms with Crippen molar-refractivity contribution in [2.75, 3.05) is 5.73 Å². The van der Waals surface area contributed by atoms with Crippen molar-refractivity contribution in [2.45, 2.75) is 27.3 Å². The first kappa shape index (κ1) is 14.1. The number of amides is 1. The van der Waals surface area contributed by atoms with Gasteiger partial charge < -0.3 is 11.1 Å². The van der Waals surface area contributed by atoms with Crippen LogP contribution in [0.1, 0.15) is 32.6 Å². The van der Waals surface area contributed by atoms with Crippen LogP contribution in [-0.4, -0.2) is 5.91 Å². The first-order chi connectivity index (χ1) is 9.49. The van der Waals surface area contributed by atoms with E-state index in [2.05, 4.69) is 5.32 Å². The predicted octanol–water partition coefficient (Wildman–Crippen LogP) is 3.12. The van der Waals surface area contributed by atoms with E-state index in [9.17, 15) is 4.79 Å². The number of hydrogen-bond donors (Lipinski definition) is 2. The van der Waals surface area contributed by atoms with Crippen molar-refractivity contribution >= 4 is 11.6 Å². The van der Waals surface area contributed by atoms with Crippen LogP contribution in [0.15, 0.2) is 36.4 Å². The second-order valence-electron chi connectivity index (χ2n) is 5.16. The van der Waals surface area contributed by atoms with E-state index in [1.165, 1.54) is 5.56 Å². The summed E-state index contributed by atoms with van der Waals surface area (Å²) in [7, 11) is 0. The molecule has 0 saturated carbocycles. The normalized spacial score (nSPS) is 10.3. The molecule has 3 N–H and O–H groups in total. The number of rotatable bonds is 3. The van der Waals surface area contributed by atoms with Gasteiger partial charge in [0.15, 0.2) is 0 Å². The molecule has 0 saturated heterocycles. The van der Waals surface area contributed by atoms with Crippen LogP contribution in [0.5, 0.6) is 0 Å². The van der Waals surface area contributed by atoms with Gasteiger partial charge in [0.2, 0.25) is 0 Å². The number of anilines is 1. The summed E-state index contributed by atoms with van der Waals surface area (Å²) in [5, 5.41) is 2.94. The summed E-state index contributed by atoms with van der Waals surface area (Å²) in [5.41, 5.74) is 11.4. The fourth-order valence-electron chi connectivity index (χ4n) is 2.50. The lowest BCUT2D eigenvalue weighted by Gasteiger charge is -2.12. The maximum atomic E-state index is 12.3. The highest BCUT2D eigenvalue weighted by molar-refractivity contribution is 5.97. The third kappa shape index (κ3) is 2.99. The predicted molar refractivity (Wildman–Crippen MR) is 82.7 cm³/mol. The van der Waals surface area contributed by atoms with E-state index in [1.807, 2.05) is 57.2 Å². The zero-order chi connectivity index (χ0) is 14.7. The van der Waals surface area contributed by atoms with Crippen LogP contribution in [0.4, 0.5) is 5.69 Å². The molecule has 104 valence electrons. The van der Waals surface area contributed by atoms with Crippen LogP contribution >= 0.6 is 0 Å². The first-order valence-electron chi connectivity index (χ1n) is 6.68. The Morgan fingerprint density at radius 2 is 1.70 bits per heavy atom. The molecule has 0 heterocycles. The second kappa shape index (κ2) is 5.78. The average molecular weight is 268 g/mol. The number of para-hydroxylation sites is 1. The molecule has 0 unspecified atom stereocenters. The Labute approximate surface area is 119 Å². The minimum absolute atomic E-state index is 0.0525. The molecule has 0 bridgehead atoms. The lowest BCUT2D eigenvalue weighted by Crippen LogP contribution is -2.25. The van der Waals surface area contributed by atoms with Crippen molar-refractivity contribution in [2.24, 2.45) is 0 Å². The van der Waals surface area contributed by atoms with Crippen molar-refractivity contribution in [1.29, 1.82) is 0 Å². The maximum absolute atomic E-state index is 12.3. The number of nitrogens with one attached hydrogen (secondary N) is 1. The number of carbonyl (C=O) groups excluding carboxylic acids is 1. The van der Waals surface area contributed by atoms with Crippen molar-refractivity contribution in [3.05, 3.63) is 64.2 Å². The molecule has 0 aliphatic rings. The molecule has 2 aromatic carbocycles. The minimum atomic E-state index is -0.0525. The van der Waals surface area contributed by atoms with Crippen molar-refractivity contribution in [3.8, 4) is 0 Å². The lowest BCUT2D eigenvalue weighted by atomic mass is 9.99. The molecule has 0 fully saturated rings. The van der Waals surface area contributed by atoms with Crippen LogP contribution in [0.25, 0.3) is 0 Å². The van der Waals surface area contributed by atoms with Crippen molar-refractivity contribution in [1.82, 2.24) is 5.32 Å². The summed E-state index contributed by atoms with van der Waals surface area (Å²) in [6.07, 6.45) is 0. The van der Waals surface area contributed by atoms with E-state index < -0.39 is 0 Å². The van der Waals surface area contributed by atoms with E-state index in [0.717, 1.165) is 22.3 Å². The summed E-state index contributed by atoms with van der Waals surface area (Å²) in [4.78, 5) is 12.3.